The number of nitrogens with one attached hydrogen (secondary N) is 1. The fourth-order valence-electron chi connectivity index (χ4n) is 6.82. The second-order valence-electron chi connectivity index (χ2n) is 14.1. The molecule has 310 valence electrons. The van der Waals surface area contributed by atoms with Gasteiger partial charge in [-0.1, -0.05) is 11.1 Å². The molecule has 1 N–H and O–H groups in total. The Morgan fingerprint density at radius 1 is 0.900 bits per heavy atom. The summed E-state index contributed by atoms with van der Waals surface area (Å²) in [6.45, 7) is 22.4. The summed E-state index contributed by atoms with van der Waals surface area (Å²) in [7, 11) is 5.05. The number of fused-ring (bicyclic) bond motifs is 2. The smallest absolute Gasteiger partial charge is 0.496 e. The summed E-state index contributed by atoms with van der Waals surface area (Å²) in [4.78, 5) is 67.5. The van der Waals surface area contributed by atoms with Gasteiger partial charge in [0.15, 0.2) is 0 Å². The number of pyridine rings is 2. The van der Waals surface area contributed by atoms with Gasteiger partial charge in [0.2, 0.25) is 23.6 Å². The maximum absolute atomic E-state index is 12.8. The number of nitrogens with zero attached hydrogens (tertiary/aromatic N) is 4. The van der Waals surface area contributed by atoms with Gasteiger partial charge in [0.05, 0.1) is 32.8 Å². The Hall–Kier alpha value is -4.21. The number of amides is 4. The molecule has 4 aromatic rings. The summed E-state index contributed by atoms with van der Waals surface area (Å²) >= 11 is 0. The zero-order valence-electron chi connectivity index (χ0n) is 35.5. The summed E-state index contributed by atoms with van der Waals surface area (Å²) in [5.74, 6) is 0.361. The van der Waals surface area contributed by atoms with Crippen LogP contribution in [0, 0.1) is 46.6 Å². The van der Waals surface area contributed by atoms with E-state index in [0.29, 0.717) is 44.2 Å². The molecule has 1 atom stereocenters. The molecule has 15 heteroatoms. The van der Waals surface area contributed by atoms with Gasteiger partial charge in [-0.15, -0.1) is 19.0 Å². The number of hydrogen-bond donors (Lipinski definition) is 1. The first-order valence-electron chi connectivity index (χ1n) is 19.2. The normalized spacial score (nSPS) is 15.8. The monoisotopic (exact) mass is 803 g/mol. The van der Waals surface area contributed by atoms with Gasteiger partial charge in [-0.05, 0) is 35.6 Å². The van der Waals surface area contributed by atoms with E-state index in [0.717, 1.165) is 63.4 Å². The van der Waals surface area contributed by atoms with Crippen molar-refractivity contribution in [2.24, 2.45) is 13.0 Å². The molecule has 0 radical (unpaired) electrons. The molecule has 3 aliphatic rings. The molecule has 7 rings (SSSR count). The summed E-state index contributed by atoms with van der Waals surface area (Å²) in [5.41, 5.74) is 4.14. The fourth-order valence-corrected chi connectivity index (χ4v) is 6.82. The topological polar surface area (TPSA) is 149 Å². The van der Waals surface area contributed by atoms with Crippen molar-refractivity contribution in [3.8, 4) is 22.6 Å². The van der Waals surface area contributed by atoms with Crippen LogP contribution in [-0.2, 0) is 27.9 Å². The third-order valence-corrected chi connectivity index (χ3v) is 10.6. The summed E-state index contributed by atoms with van der Waals surface area (Å²) in [6.07, 6.45) is 6.76. The van der Waals surface area contributed by atoms with Crippen LogP contribution in [0.3, 0.4) is 0 Å². The maximum Gasteiger partial charge on any atom is 1.00 e. The quantitative estimate of drug-likeness (QED) is 0.112. The molecular formula is C45H51Li2N5O8-4. The number of hydrogen-bond acceptors (Lipinski definition) is 10. The Balaban J connectivity index is 0.000000291. The minimum Gasteiger partial charge on any atom is -0.496 e. The van der Waals surface area contributed by atoms with Crippen LogP contribution in [0.25, 0.3) is 21.9 Å². The van der Waals surface area contributed by atoms with Crippen molar-refractivity contribution in [2.75, 3.05) is 40.5 Å². The van der Waals surface area contributed by atoms with Gasteiger partial charge in [-0.2, -0.15) is 43.5 Å². The molecule has 2 fully saturated rings. The van der Waals surface area contributed by atoms with E-state index in [9.17, 15) is 24.0 Å². The Labute approximate surface area is 377 Å². The van der Waals surface area contributed by atoms with Gasteiger partial charge in [-0.3, -0.25) is 39.2 Å². The standard InChI is InChI=1S/C25H29N3O4.C13H9N2O4.C7H13.2Li/c1-6-28(7-2)13-21-23(30-4)8-16(9-24(21)31-5)20-12-27(3)25(29)19-11-26-22(10-18(19)20)17-14-32-15-17;16-10-6-5-9(11(17)14-10)15-12(18)7-3-1-2-4-8(7)13(15)19;1-4-7(5-2)6-3;;/h8-12,17H,1-2,6-7,13-15H2,3-5H3;1,3-4,9H,5-6H2,(H,14,16,17);7H,1-6H2;;/q-2;-1;-3;2*+1. The van der Waals surface area contributed by atoms with Crippen molar-refractivity contribution in [3.63, 3.8) is 0 Å². The predicted molar refractivity (Wildman–Crippen MR) is 220 cm³/mol. The molecule has 0 bridgehead atoms. The van der Waals surface area contributed by atoms with Gasteiger partial charge >= 0.3 is 37.7 Å². The molecule has 13 nitrogen and oxygen atoms in total. The number of ether oxygens (including phenoxy) is 3. The molecule has 0 saturated carbocycles. The SMILES string of the molecule is O=C1CCC(N2C(=O)c3c[c-]ccc3C2=O)C(=O)N1.[CH2-]CC(C[CH2-])C[CH2-].[CH2-]CN(C[CH2-])Cc1c(OC)cc(-c2cn(C)c(=O)c3cnc(C4COC4)cc23)cc1OC.[Li+].[Li+]. The molecule has 60 heavy (non-hydrogen) atoms. The van der Waals surface area contributed by atoms with Gasteiger partial charge in [0.1, 0.15) is 17.5 Å². The average molecular weight is 804 g/mol. The van der Waals surface area contributed by atoms with Gasteiger partial charge in [0, 0.05) is 55.1 Å². The Bertz CT molecular complexity index is 2130. The van der Waals surface area contributed by atoms with Crippen LogP contribution in [0.4, 0.5) is 0 Å². The molecule has 0 aliphatic carbocycles. The van der Waals surface area contributed by atoms with E-state index < -0.39 is 23.8 Å². The molecule has 4 amide bonds. The minimum absolute atomic E-state index is 0. The number of aromatic nitrogens is 2. The van der Waals surface area contributed by atoms with Crippen LogP contribution >= 0.6 is 0 Å². The third-order valence-electron chi connectivity index (χ3n) is 10.6. The van der Waals surface area contributed by atoms with Crippen molar-refractivity contribution in [3.05, 3.63) is 122 Å². The summed E-state index contributed by atoms with van der Waals surface area (Å²) < 4.78 is 18.4. The van der Waals surface area contributed by atoms with Gasteiger partial charge in [0.25, 0.3) is 5.56 Å². The molecule has 0 spiro atoms. The number of benzene rings is 2. The van der Waals surface area contributed by atoms with Crippen molar-refractivity contribution < 1.29 is 71.1 Å². The van der Waals surface area contributed by atoms with Gasteiger partial charge in [-0.25, -0.2) is 0 Å². The van der Waals surface area contributed by atoms with Crippen LogP contribution in [0.5, 0.6) is 11.5 Å². The van der Waals surface area contributed by atoms with E-state index in [4.69, 9.17) is 14.2 Å². The van der Waals surface area contributed by atoms with Crippen molar-refractivity contribution in [2.45, 2.75) is 50.6 Å². The van der Waals surface area contributed by atoms with E-state index >= 15 is 0 Å². The van der Waals surface area contributed by atoms with E-state index in [-0.39, 0.29) is 79.1 Å². The average Bonchev–Trinajstić information content (AvgIpc) is 3.47. The van der Waals surface area contributed by atoms with Crippen LogP contribution < -0.4 is 58.1 Å². The third kappa shape index (κ3) is 11.0. The number of carbonyl (C=O) groups is 4. The molecule has 3 aliphatic heterocycles. The van der Waals surface area contributed by atoms with Gasteiger partial charge < -0.3 is 58.3 Å². The molecule has 1 unspecified atom stereocenters. The van der Waals surface area contributed by atoms with E-state index in [1.165, 1.54) is 18.2 Å². The van der Waals surface area contributed by atoms with E-state index in [2.05, 4.69) is 55.9 Å². The number of aryl methyl sites for hydroxylation is 1. The number of methoxy groups -OCH3 is 2. The largest absolute Gasteiger partial charge is 1.00 e. The molecule has 2 aromatic heterocycles. The zero-order valence-corrected chi connectivity index (χ0v) is 35.5. The second kappa shape index (κ2) is 23.1. The number of piperidine rings is 1. The number of carbonyl (C=O) groups excluding carboxylic acids is 4. The molecule has 2 aromatic carbocycles. The van der Waals surface area contributed by atoms with Crippen LogP contribution in [0.2, 0.25) is 0 Å². The Morgan fingerprint density at radius 3 is 2.02 bits per heavy atom. The maximum atomic E-state index is 12.8. The van der Waals surface area contributed by atoms with E-state index in [1.807, 2.05) is 24.4 Å². The predicted octanol–water partition coefficient (Wildman–Crippen LogP) is -0.627. The first-order chi connectivity index (χ1) is 27.9. The second-order valence-corrected chi connectivity index (χ2v) is 14.1. The van der Waals surface area contributed by atoms with Crippen molar-refractivity contribution >= 4 is 34.4 Å². The Kier molecular flexibility index (Phi) is 19.3. The molecule has 5 heterocycles. The molecular weight excluding hydrogens is 752 g/mol. The van der Waals surface area contributed by atoms with E-state index in [1.54, 1.807) is 32.0 Å². The molecule has 2 saturated heterocycles. The first kappa shape index (κ1) is 50.2. The summed E-state index contributed by atoms with van der Waals surface area (Å²) in [5, 5.41) is 3.58. The minimum atomic E-state index is -0.912. The number of rotatable bonds is 12. The fraction of sp³-hybridized carbons (Fsp3) is 0.356. The van der Waals surface area contributed by atoms with Crippen molar-refractivity contribution in [1.29, 1.82) is 0 Å². The van der Waals surface area contributed by atoms with Crippen LogP contribution in [-0.4, -0.2) is 89.5 Å². The zero-order chi connectivity index (χ0) is 42.1. The number of imide groups is 2. The van der Waals surface area contributed by atoms with Crippen LogP contribution in [0.15, 0.2) is 53.6 Å². The van der Waals surface area contributed by atoms with Crippen molar-refractivity contribution in [1.82, 2.24) is 24.7 Å². The van der Waals surface area contributed by atoms with Crippen LogP contribution in [0.1, 0.15) is 70.0 Å². The first-order valence-corrected chi connectivity index (χ1v) is 19.2. The Morgan fingerprint density at radius 2 is 1.52 bits per heavy atom. The summed E-state index contributed by atoms with van der Waals surface area (Å²) in [6, 6.07) is 12.3.